The molecule has 0 saturated heterocycles. The van der Waals surface area contributed by atoms with E-state index >= 15 is 0 Å². The highest BCUT2D eigenvalue weighted by atomic mass is 16.5. The molecule has 27 heavy (non-hydrogen) atoms. The van der Waals surface area contributed by atoms with Gasteiger partial charge in [-0.05, 0) is 36.2 Å². The van der Waals surface area contributed by atoms with Crippen LogP contribution in [0.2, 0.25) is 0 Å². The Kier molecular flexibility index (Phi) is 4.41. The molecule has 0 amide bonds. The smallest absolute Gasteiger partial charge is 0.167 e. The predicted molar refractivity (Wildman–Crippen MR) is 104 cm³/mol. The van der Waals surface area contributed by atoms with Crippen molar-refractivity contribution in [1.29, 1.82) is 5.26 Å². The van der Waals surface area contributed by atoms with Gasteiger partial charge in [-0.2, -0.15) is 5.26 Å². The number of hydrogen-bond acceptors (Lipinski definition) is 5. The second-order valence-corrected chi connectivity index (χ2v) is 6.50. The van der Waals surface area contributed by atoms with Crippen molar-refractivity contribution in [2.75, 3.05) is 0 Å². The maximum absolute atomic E-state index is 9.11. The number of pyridine rings is 1. The molecule has 2 heterocycles. The number of rotatable bonds is 4. The van der Waals surface area contributed by atoms with Gasteiger partial charge < -0.3 is 10.3 Å². The van der Waals surface area contributed by atoms with Crippen molar-refractivity contribution in [1.82, 2.24) is 10.1 Å². The molecule has 0 spiro atoms. The first-order chi connectivity index (χ1) is 13.2. The first kappa shape index (κ1) is 17.0. The normalized spacial score (nSPS) is 12.0. The molecule has 5 nitrogen and oxygen atoms in total. The van der Waals surface area contributed by atoms with Crippen LogP contribution in [-0.4, -0.2) is 10.1 Å². The molecule has 1 atom stereocenters. The highest BCUT2D eigenvalue weighted by molar-refractivity contribution is 5.92. The molecule has 1 unspecified atom stereocenters. The van der Waals surface area contributed by atoms with Crippen molar-refractivity contribution in [2.45, 2.75) is 19.4 Å². The summed E-state index contributed by atoms with van der Waals surface area (Å²) in [6.45, 7) is 1.98. The largest absolute Gasteiger partial charge is 0.356 e. The highest BCUT2D eigenvalue weighted by Crippen LogP contribution is 2.33. The molecule has 4 aromatic rings. The van der Waals surface area contributed by atoms with E-state index in [4.69, 9.17) is 15.5 Å². The molecular weight excluding hydrogens is 336 g/mol. The number of aromatic nitrogens is 2. The minimum Gasteiger partial charge on any atom is -0.356 e. The van der Waals surface area contributed by atoms with Crippen molar-refractivity contribution in [3.8, 4) is 17.3 Å². The first-order valence-corrected chi connectivity index (χ1v) is 8.73. The SMILES string of the molecule is Cc1ccc(C#N)nc1CC(N)c1ccccc1-c1noc2ccccc12. The minimum absolute atomic E-state index is 0.281. The average molecular weight is 354 g/mol. The fourth-order valence-electron chi connectivity index (χ4n) is 3.27. The second kappa shape index (κ2) is 7.02. The van der Waals surface area contributed by atoms with E-state index < -0.39 is 0 Å². The zero-order valence-electron chi connectivity index (χ0n) is 14.9. The van der Waals surface area contributed by atoms with E-state index in [1.54, 1.807) is 6.07 Å². The van der Waals surface area contributed by atoms with E-state index in [-0.39, 0.29) is 6.04 Å². The van der Waals surface area contributed by atoms with Gasteiger partial charge in [0.25, 0.3) is 0 Å². The number of hydrogen-bond donors (Lipinski definition) is 1. The first-order valence-electron chi connectivity index (χ1n) is 8.73. The van der Waals surface area contributed by atoms with Crippen LogP contribution in [0.25, 0.3) is 22.2 Å². The minimum atomic E-state index is -0.281. The van der Waals surface area contributed by atoms with E-state index in [9.17, 15) is 0 Å². The van der Waals surface area contributed by atoms with Crippen molar-refractivity contribution in [3.63, 3.8) is 0 Å². The summed E-state index contributed by atoms with van der Waals surface area (Å²) in [5, 5.41) is 14.3. The molecule has 2 N–H and O–H groups in total. The van der Waals surface area contributed by atoms with E-state index in [1.807, 2.05) is 61.5 Å². The third kappa shape index (κ3) is 3.19. The molecule has 2 aromatic carbocycles. The maximum atomic E-state index is 9.11. The van der Waals surface area contributed by atoms with Gasteiger partial charge in [0.1, 0.15) is 17.5 Å². The van der Waals surface area contributed by atoms with Gasteiger partial charge >= 0.3 is 0 Å². The van der Waals surface area contributed by atoms with E-state index in [2.05, 4.69) is 16.2 Å². The van der Waals surface area contributed by atoms with Gasteiger partial charge in [-0.1, -0.05) is 47.6 Å². The third-order valence-corrected chi connectivity index (χ3v) is 4.72. The monoisotopic (exact) mass is 354 g/mol. The molecule has 0 aliphatic heterocycles. The van der Waals surface area contributed by atoms with E-state index in [0.29, 0.717) is 12.1 Å². The maximum Gasteiger partial charge on any atom is 0.167 e. The summed E-state index contributed by atoms with van der Waals surface area (Å²) in [4.78, 5) is 4.42. The zero-order valence-corrected chi connectivity index (χ0v) is 14.9. The van der Waals surface area contributed by atoms with Gasteiger partial charge in [0, 0.05) is 29.1 Å². The molecule has 0 aliphatic rings. The Morgan fingerprint density at radius 2 is 1.85 bits per heavy atom. The number of nitrogens with zero attached hydrogens (tertiary/aromatic N) is 3. The molecule has 4 rings (SSSR count). The van der Waals surface area contributed by atoms with Crippen LogP contribution in [0.3, 0.4) is 0 Å². The van der Waals surface area contributed by atoms with Crippen LogP contribution in [0.1, 0.15) is 28.6 Å². The summed E-state index contributed by atoms with van der Waals surface area (Å²) in [7, 11) is 0. The number of fused-ring (bicyclic) bond motifs is 1. The van der Waals surface area contributed by atoms with Crippen LogP contribution in [0.5, 0.6) is 0 Å². The molecule has 0 aliphatic carbocycles. The quantitative estimate of drug-likeness (QED) is 0.590. The van der Waals surface area contributed by atoms with Crippen molar-refractivity contribution >= 4 is 11.0 Å². The lowest BCUT2D eigenvalue weighted by Crippen LogP contribution is -2.16. The second-order valence-electron chi connectivity index (χ2n) is 6.50. The summed E-state index contributed by atoms with van der Waals surface area (Å²) in [5.74, 6) is 0. The summed E-state index contributed by atoms with van der Waals surface area (Å²) in [6.07, 6.45) is 0.536. The molecule has 0 bridgehead atoms. The summed E-state index contributed by atoms with van der Waals surface area (Å²) < 4.78 is 5.47. The molecular formula is C22H18N4O. The Morgan fingerprint density at radius 3 is 2.70 bits per heavy atom. The lowest BCUT2D eigenvalue weighted by Gasteiger charge is -2.16. The molecule has 132 valence electrons. The molecule has 2 aromatic heterocycles. The molecule has 0 saturated carbocycles. The van der Waals surface area contributed by atoms with Crippen LogP contribution in [0, 0.1) is 18.3 Å². The van der Waals surface area contributed by atoms with Crippen LogP contribution in [-0.2, 0) is 6.42 Å². The number of para-hydroxylation sites is 1. The summed E-state index contributed by atoms with van der Waals surface area (Å²) in [6, 6.07) is 21.2. The number of aryl methyl sites for hydroxylation is 1. The summed E-state index contributed by atoms with van der Waals surface area (Å²) in [5.41, 5.74) is 12.3. The van der Waals surface area contributed by atoms with Crippen LogP contribution in [0.4, 0.5) is 0 Å². The van der Waals surface area contributed by atoms with Crippen molar-refractivity contribution in [2.24, 2.45) is 5.73 Å². The number of nitrogens with two attached hydrogens (primary N) is 1. The molecule has 5 heteroatoms. The van der Waals surface area contributed by atoms with Crippen LogP contribution in [0.15, 0.2) is 65.2 Å². The summed E-state index contributed by atoms with van der Waals surface area (Å²) >= 11 is 0. The fourth-order valence-corrected chi connectivity index (χ4v) is 3.27. The Hall–Kier alpha value is -3.49. The van der Waals surface area contributed by atoms with Gasteiger partial charge in [-0.3, -0.25) is 0 Å². The zero-order chi connectivity index (χ0) is 18.8. The Labute approximate surface area is 157 Å². The van der Waals surface area contributed by atoms with Crippen molar-refractivity contribution < 1.29 is 4.52 Å². The highest BCUT2D eigenvalue weighted by Gasteiger charge is 2.18. The van der Waals surface area contributed by atoms with E-state index in [1.165, 1.54) is 0 Å². The van der Waals surface area contributed by atoms with Crippen molar-refractivity contribution in [3.05, 3.63) is 83.2 Å². The fraction of sp³-hybridized carbons (Fsp3) is 0.136. The van der Waals surface area contributed by atoms with Crippen LogP contribution < -0.4 is 5.73 Å². The average Bonchev–Trinajstić information content (AvgIpc) is 3.13. The molecule has 0 radical (unpaired) electrons. The Morgan fingerprint density at radius 1 is 1.07 bits per heavy atom. The lowest BCUT2D eigenvalue weighted by atomic mass is 9.93. The molecule has 0 fully saturated rings. The van der Waals surface area contributed by atoms with Gasteiger partial charge in [0.15, 0.2) is 5.58 Å². The van der Waals surface area contributed by atoms with Gasteiger partial charge in [-0.15, -0.1) is 0 Å². The van der Waals surface area contributed by atoms with Gasteiger partial charge in [0.05, 0.1) is 0 Å². The number of benzene rings is 2. The standard InChI is InChI=1S/C22H18N4O/c1-14-10-11-15(13-23)25-20(14)12-19(24)16-6-2-3-7-17(16)22-18-8-4-5-9-21(18)27-26-22/h2-11,19H,12,24H2,1H3. The number of nitriles is 1. The van der Waals surface area contributed by atoms with Gasteiger partial charge in [-0.25, -0.2) is 4.98 Å². The topological polar surface area (TPSA) is 88.7 Å². The lowest BCUT2D eigenvalue weighted by molar-refractivity contribution is 0.459. The van der Waals surface area contributed by atoms with E-state index in [0.717, 1.165) is 39.0 Å². The third-order valence-electron chi connectivity index (χ3n) is 4.72. The Balaban J connectivity index is 1.74. The van der Waals surface area contributed by atoms with Gasteiger partial charge in [0.2, 0.25) is 0 Å². The Bertz CT molecular complexity index is 1160. The predicted octanol–water partition coefficient (Wildman–Crippen LogP) is 4.31. The van der Waals surface area contributed by atoms with Crippen LogP contribution >= 0.6 is 0 Å².